The van der Waals surface area contributed by atoms with Crippen LogP contribution in [0, 0.1) is 0 Å². The Morgan fingerprint density at radius 2 is 2.44 bits per heavy atom. The van der Waals surface area contributed by atoms with Gasteiger partial charge in [0.2, 0.25) is 5.91 Å². The Morgan fingerprint density at radius 3 is 3.11 bits per heavy atom. The third-order valence-corrected chi connectivity index (χ3v) is 3.82. The van der Waals surface area contributed by atoms with Crippen molar-refractivity contribution in [3.8, 4) is 0 Å². The van der Waals surface area contributed by atoms with Crippen LogP contribution >= 0.6 is 11.3 Å². The molecule has 0 aromatic carbocycles. The lowest BCUT2D eigenvalue weighted by Crippen LogP contribution is -2.52. The van der Waals surface area contributed by atoms with E-state index in [-0.39, 0.29) is 11.9 Å². The smallest absolute Gasteiger partial charge is 0.239 e. The number of hydrogen-bond donors (Lipinski definition) is 1. The van der Waals surface area contributed by atoms with Gasteiger partial charge in [0.15, 0.2) is 0 Å². The molecule has 0 bridgehead atoms. The molecule has 0 saturated carbocycles. The second kappa shape index (κ2) is 6.29. The van der Waals surface area contributed by atoms with Crippen molar-refractivity contribution in [2.45, 2.75) is 45.2 Å². The van der Waals surface area contributed by atoms with Gasteiger partial charge in [-0.3, -0.25) is 4.79 Å². The summed E-state index contributed by atoms with van der Waals surface area (Å²) in [6, 6.07) is 0.367. The third kappa shape index (κ3) is 3.53. The molecule has 1 amide bonds. The van der Waals surface area contributed by atoms with E-state index in [1.54, 1.807) is 11.3 Å². The average molecular weight is 267 g/mol. The van der Waals surface area contributed by atoms with Crippen LogP contribution < -0.4 is 5.32 Å². The molecule has 18 heavy (non-hydrogen) atoms. The molecule has 100 valence electrons. The number of likely N-dealkylation sites (tertiary alicyclic amines) is 1. The fourth-order valence-corrected chi connectivity index (χ4v) is 2.92. The number of nitrogens with zero attached hydrogens (tertiary/aromatic N) is 2. The predicted molar refractivity (Wildman–Crippen MR) is 73.7 cm³/mol. The highest BCUT2D eigenvalue weighted by atomic mass is 32.1. The van der Waals surface area contributed by atoms with Gasteiger partial charge in [0, 0.05) is 30.9 Å². The summed E-state index contributed by atoms with van der Waals surface area (Å²) in [6.07, 6.45) is 2.92. The summed E-state index contributed by atoms with van der Waals surface area (Å²) >= 11 is 1.61. The standard InChI is InChI=1S/C13H21N3OS/c1-10(2)15-12-4-3-6-16(13(12)17)7-5-11-8-18-9-14-11/h8-10,12,15H,3-7H2,1-2H3. The maximum atomic E-state index is 12.3. The minimum atomic E-state index is 0.00850. The molecule has 0 radical (unpaired) electrons. The van der Waals surface area contributed by atoms with Crippen LogP contribution in [0.5, 0.6) is 0 Å². The largest absolute Gasteiger partial charge is 0.341 e. The van der Waals surface area contributed by atoms with Crippen molar-refractivity contribution in [2.75, 3.05) is 13.1 Å². The Morgan fingerprint density at radius 1 is 1.61 bits per heavy atom. The zero-order valence-corrected chi connectivity index (χ0v) is 11.9. The highest BCUT2D eigenvalue weighted by Crippen LogP contribution is 2.13. The van der Waals surface area contributed by atoms with Crippen LogP contribution in [-0.2, 0) is 11.2 Å². The number of hydrogen-bond acceptors (Lipinski definition) is 4. The third-order valence-electron chi connectivity index (χ3n) is 3.19. The number of piperidine rings is 1. The van der Waals surface area contributed by atoms with Gasteiger partial charge in [-0.15, -0.1) is 11.3 Å². The van der Waals surface area contributed by atoms with E-state index in [1.165, 1.54) is 0 Å². The molecule has 1 unspecified atom stereocenters. The summed E-state index contributed by atoms with van der Waals surface area (Å²) in [5, 5.41) is 5.40. The fraction of sp³-hybridized carbons (Fsp3) is 0.692. The van der Waals surface area contributed by atoms with Crippen LogP contribution in [0.25, 0.3) is 0 Å². The quantitative estimate of drug-likeness (QED) is 0.883. The molecule has 2 rings (SSSR count). The van der Waals surface area contributed by atoms with Crippen LogP contribution in [0.2, 0.25) is 0 Å². The SMILES string of the molecule is CC(C)NC1CCCN(CCc2cscn2)C1=O. The van der Waals surface area contributed by atoms with Crippen molar-refractivity contribution in [3.63, 3.8) is 0 Å². The molecular weight excluding hydrogens is 246 g/mol. The Balaban J connectivity index is 1.86. The summed E-state index contributed by atoms with van der Waals surface area (Å²) in [4.78, 5) is 18.5. The first kappa shape index (κ1) is 13.5. The molecule has 2 heterocycles. The number of nitrogens with one attached hydrogen (secondary N) is 1. The molecule has 1 fully saturated rings. The monoisotopic (exact) mass is 267 g/mol. The highest BCUT2D eigenvalue weighted by molar-refractivity contribution is 7.07. The Hall–Kier alpha value is -0.940. The number of aromatic nitrogens is 1. The van der Waals surface area contributed by atoms with E-state index in [2.05, 4.69) is 29.5 Å². The lowest BCUT2D eigenvalue weighted by molar-refractivity contribution is -0.136. The van der Waals surface area contributed by atoms with Crippen molar-refractivity contribution < 1.29 is 4.79 Å². The molecule has 0 aliphatic carbocycles. The van der Waals surface area contributed by atoms with Crippen molar-refractivity contribution in [3.05, 3.63) is 16.6 Å². The van der Waals surface area contributed by atoms with Crippen molar-refractivity contribution in [1.82, 2.24) is 15.2 Å². The topological polar surface area (TPSA) is 45.2 Å². The first-order valence-electron chi connectivity index (χ1n) is 6.58. The molecule has 1 atom stereocenters. The van der Waals surface area contributed by atoms with Gasteiger partial charge in [-0.25, -0.2) is 4.98 Å². The number of carbonyl (C=O) groups is 1. The number of rotatable bonds is 5. The second-order valence-electron chi connectivity index (χ2n) is 5.07. The number of carbonyl (C=O) groups excluding carboxylic acids is 1. The van der Waals surface area contributed by atoms with Crippen LogP contribution in [0.1, 0.15) is 32.4 Å². The van der Waals surface area contributed by atoms with Gasteiger partial charge in [0.25, 0.3) is 0 Å². The highest BCUT2D eigenvalue weighted by Gasteiger charge is 2.28. The van der Waals surface area contributed by atoms with E-state index in [0.717, 1.165) is 38.0 Å². The van der Waals surface area contributed by atoms with E-state index in [0.29, 0.717) is 6.04 Å². The van der Waals surface area contributed by atoms with Gasteiger partial charge >= 0.3 is 0 Å². The van der Waals surface area contributed by atoms with Gasteiger partial charge in [0.1, 0.15) is 0 Å². The molecule has 1 saturated heterocycles. The first-order valence-corrected chi connectivity index (χ1v) is 7.53. The molecule has 1 aliphatic heterocycles. The molecule has 1 N–H and O–H groups in total. The maximum Gasteiger partial charge on any atom is 0.239 e. The molecule has 0 spiro atoms. The van der Waals surface area contributed by atoms with Gasteiger partial charge < -0.3 is 10.2 Å². The van der Waals surface area contributed by atoms with E-state index < -0.39 is 0 Å². The van der Waals surface area contributed by atoms with Gasteiger partial charge in [-0.1, -0.05) is 13.8 Å². The molecule has 1 aliphatic rings. The van der Waals surface area contributed by atoms with E-state index in [1.807, 2.05) is 10.4 Å². The molecule has 1 aromatic rings. The van der Waals surface area contributed by atoms with E-state index >= 15 is 0 Å². The summed E-state index contributed by atoms with van der Waals surface area (Å²) in [5.74, 6) is 0.255. The van der Waals surface area contributed by atoms with Crippen LogP contribution in [0.3, 0.4) is 0 Å². The molecule has 5 heteroatoms. The Bertz CT molecular complexity index is 378. The van der Waals surface area contributed by atoms with Crippen LogP contribution in [0.4, 0.5) is 0 Å². The summed E-state index contributed by atoms with van der Waals surface area (Å²) < 4.78 is 0. The van der Waals surface area contributed by atoms with Crippen LogP contribution in [0.15, 0.2) is 10.9 Å². The first-order chi connectivity index (χ1) is 8.66. The van der Waals surface area contributed by atoms with Crippen LogP contribution in [-0.4, -0.2) is 41.0 Å². The fourth-order valence-electron chi connectivity index (χ4n) is 2.33. The average Bonchev–Trinajstić information content (AvgIpc) is 2.83. The van der Waals surface area contributed by atoms with Crippen molar-refractivity contribution >= 4 is 17.2 Å². The minimum Gasteiger partial charge on any atom is -0.341 e. The molecular formula is C13H21N3OS. The lowest BCUT2D eigenvalue weighted by atomic mass is 10.0. The number of thiazole rings is 1. The zero-order valence-electron chi connectivity index (χ0n) is 11.1. The second-order valence-corrected chi connectivity index (χ2v) is 5.79. The summed E-state index contributed by atoms with van der Waals surface area (Å²) in [7, 11) is 0. The van der Waals surface area contributed by atoms with E-state index in [9.17, 15) is 4.79 Å². The van der Waals surface area contributed by atoms with Gasteiger partial charge in [0.05, 0.1) is 17.2 Å². The van der Waals surface area contributed by atoms with Crippen molar-refractivity contribution in [2.24, 2.45) is 0 Å². The summed E-state index contributed by atoms with van der Waals surface area (Å²) in [5.41, 5.74) is 2.93. The Kier molecular flexibility index (Phi) is 4.72. The van der Waals surface area contributed by atoms with Gasteiger partial charge in [-0.2, -0.15) is 0 Å². The van der Waals surface area contributed by atoms with Gasteiger partial charge in [-0.05, 0) is 12.8 Å². The maximum absolute atomic E-state index is 12.3. The normalized spacial score (nSPS) is 20.7. The molecule has 4 nitrogen and oxygen atoms in total. The zero-order chi connectivity index (χ0) is 13.0. The predicted octanol–water partition coefficient (Wildman–Crippen LogP) is 1.67. The summed E-state index contributed by atoms with van der Waals surface area (Å²) in [6.45, 7) is 5.85. The van der Waals surface area contributed by atoms with Crippen molar-refractivity contribution in [1.29, 1.82) is 0 Å². The Labute approximate surface area is 112 Å². The number of amides is 1. The van der Waals surface area contributed by atoms with E-state index in [4.69, 9.17) is 0 Å². The lowest BCUT2D eigenvalue weighted by Gasteiger charge is -2.33. The minimum absolute atomic E-state index is 0.00850. The molecule has 1 aromatic heterocycles.